The first-order valence-electron chi connectivity index (χ1n) is 24.2. The first-order chi connectivity index (χ1) is 34.7. The van der Waals surface area contributed by atoms with E-state index in [1.807, 2.05) is 0 Å². The van der Waals surface area contributed by atoms with Gasteiger partial charge in [-0.3, -0.25) is 0 Å². The summed E-state index contributed by atoms with van der Waals surface area (Å²) >= 11 is 0. The summed E-state index contributed by atoms with van der Waals surface area (Å²) in [5.41, 5.74) is 11.6. The first kappa shape index (κ1) is 38.8. The lowest BCUT2D eigenvalue weighted by molar-refractivity contribution is 1.18. The molecular weight excluding hydrogens is 845 g/mol. The van der Waals surface area contributed by atoms with Crippen molar-refractivity contribution < 1.29 is 0 Å². The predicted molar refractivity (Wildman–Crippen MR) is 300 cm³/mol. The number of benzene rings is 13. The Morgan fingerprint density at radius 3 is 1.34 bits per heavy atom. The van der Waals surface area contributed by atoms with Crippen LogP contribution in [0.1, 0.15) is 0 Å². The molecule has 324 valence electrons. The topological polar surface area (TPSA) is 8.17 Å². The molecule has 2 nitrogen and oxygen atoms in total. The number of hydrogen-bond donors (Lipinski definition) is 0. The molecule has 2 heteroatoms. The fraction of sp³-hybridized carbons (Fsp3) is 0. The second-order valence-corrected chi connectivity index (χ2v) is 18.8. The Hall–Kier alpha value is -9.24. The number of para-hydroxylation sites is 2. The second kappa shape index (κ2) is 15.1. The third-order valence-electron chi connectivity index (χ3n) is 15.0. The molecule has 0 fully saturated rings. The zero-order valence-electron chi connectivity index (χ0n) is 38.1. The monoisotopic (exact) mass is 886 g/mol. The van der Waals surface area contributed by atoms with Crippen molar-refractivity contribution in [3.8, 4) is 27.9 Å². The van der Waals surface area contributed by atoms with Crippen molar-refractivity contribution in [3.05, 3.63) is 255 Å². The van der Waals surface area contributed by atoms with Crippen LogP contribution in [0.2, 0.25) is 0 Å². The van der Waals surface area contributed by atoms with Crippen LogP contribution in [0.3, 0.4) is 0 Å². The third kappa shape index (κ3) is 5.87. The van der Waals surface area contributed by atoms with E-state index >= 15 is 0 Å². The SMILES string of the molecule is c1ccc(-n2c3ccccc3c3cc(-c4ccc(N(c5ccc(-c6ccc7ccccc7c6)cc5)c5cc6ccc7cccc8c9cccc%10ccc%11cccc(c(c5)c6c78)c%11c%109)cc4)ccc32)cc1. The number of anilines is 3. The van der Waals surface area contributed by atoms with Crippen molar-refractivity contribution in [2.45, 2.75) is 0 Å². The Morgan fingerprint density at radius 1 is 0.229 bits per heavy atom. The van der Waals surface area contributed by atoms with Crippen LogP contribution in [0.25, 0.3) is 125 Å². The van der Waals surface area contributed by atoms with Gasteiger partial charge in [0.05, 0.1) is 11.0 Å². The van der Waals surface area contributed by atoms with Crippen LogP contribution in [-0.4, -0.2) is 4.57 Å². The van der Waals surface area contributed by atoms with Gasteiger partial charge in [0.2, 0.25) is 0 Å². The highest BCUT2D eigenvalue weighted by Crippen LogP contribution is 2.47. The molecule has 14 aromatic carbocycles. The minimum Gasteiger partial charge on any atom is -0.310 e. The Balaban J connectivity index is 0.943. The highest BCUT2D eigenvalue weighted by atomic mass is 15.1. The van der Waals surface area contributed by atoms with Crippen LogP contribution in [-0.2, 0) is 0 Å². The van der Waals surface area contributed by atoms with E-state index in [9.17, 15) is 0 Å². The molecule has 15 rings (SSSR count). The first-order valence-corrected chi connectivity index (χ1v) is 24.2. The largest absolute Gasteiger partial charge is 0.310 e. The van der Waals surface area contributed by atoms with E-state index in [-0.39, 0.29) is 0 Å². The lowest BCUT2D eigenvalue weighted by Gasteiger charge is -2.27. The van der Waals surface area contributed by atoms with Gasteiger partial charge in [0.1, 0.15) is 0 Å². The summed E-state index contributed by atoms with van der Waals surface area (Å²) in [5.74, 6) is 0. The molecule has 1 heterocycles. The van der Waals surface area contributed by atoms with Gasteiger partial charge in [-0.25, -0.2) is 0 Å². The molecule has 0 unspecified atom stereocenters. The van der Waals surface area contributed by atoms with Gasteiger partial charge in [-0.05, 0) is 170 Å². The summed E-state index contributed by atoms with van der Waals surface area (Å²) in [4.78, 5) is 2.45. The fourth-order valence-electron chi connectivity index (χ4n) is 11.8. The molecule has 0 aliphatic heterocycles. The van der Waals surface area contributed by atoms with E-state index in [1.54, 1.807) is 0 Å². The van der Waals surface area contributed by atoms with Gasteiger partial charge in [-0.2, -0.15) is 0 Å². The highest BCUT2D eigenvalue weighted by molar-refractivity contribution is 6.37. The molecule has 0 saturated carbocycles. The van der Waals surface area contributed by atoms with Crippen molar-refractivity contribution in [3.63, 3.8) is 0 Å². The minimum atomic E-state index is 1.09. The number of nitrogens with zero attached hydrogens (tertiary/aromatic N) is 2. The van der Waals surface area contributed by atoms with Crippen molar-refractivity contribution >= 4 is 114 Å². The van der Waals surface area contributed by atoms with Crippen LogP contribution in [0, 0.1) is 0 Å². The normalized spacial score (nSPS) is 12.0. The molecule has 0 amide bonds. The molecule has 0 radical (unpaired) electrons. The molecule has 1 aromatic heterocycles. The molecule has 15 aromatic rings. The quantitative estimate of drug-likeness (QED) is 0.151. The van der Waals surface area contributed by atoms with Crippen molar-refractivity contribution in [2.75, 3.05) is 4.90 Å². The van der Waals surface area contributed by atoms with E-state index in [4.69, 9.17) is 0 Å². The van der Waals surface area contributed by atoms with E-state index in [0.29, 0.717) is 0 Å². The van der Waals surface area contributed by atoms with E-state index < -0.39 is 0 Å². The van der Waals surface area contributed by atoms with Gasteiger partial charge in [0.25, 0.3) is 0 Å². The number of hydrogen-bond acceptors (Lipinski definition) is 1. The van der Waals surface area contributed by atoms with Gasteiger partial charge < -0.3 is 9.47 Å². The number of aromatic nitrogens is 1. The van der Waals surface area contributed by atoms with Gasteiger partial charge in [0.15, 0.2) is 0 Å². The summed E-state index contributed by atoms with van der Waals surface area (Å²) < 4.78 is 2.38. The van der Waals surface area contributed by atoms with Crippen molar-refractivity contribution in [1.82, 2.24) is 4.57 Å². The Bertz CT molecular complexity index is 4560. The smallest absolute Gasteiger partial charge is 0.0541 e. The average Bonchev–Trinajstić information content (AvgIpc) is 3.76. The number of fused-ring (bicyclic) bond motifs is 6. The maximum Gasteiger partial charge on any atom is 0.0541 e. The predicted octanol–water partition coefficient (Wildman–Crippen LogP) is 19.1. The number of rotatable bonds is 6. The maximum atomic E-state index is 2.46. The molecule has 0 aliphatic carbocycles. The highest BCUT2D eigenvalue weighted by Gasteiger charge is 2.20. The molecule has 0 atom stereocenters. The van der Waals surface area contributed by atoms with Crippen molar-refractivity contribution in [2.24, 2.45) is 0 Å². The fourth-order valence-corrected chi connectivity index (χ4v) is 11.8. The van der Waals surface area contributed by atoms with E-state index in [0.717, 1.165) is 22.7 Å². The van der Waals surface area contributed by atoms with Crippen LogP contribution < -0.4 is 4.90 Å². The lowest BCUT2D eigenvalue weighted by atomic mass is 9.87. The van der Waals surface area contributed by atoms with E-state index in [2.05, 4.69) is 264 Å². The minimum absolute atomic E-state index is 1.09. The summed E-state index contributed by atoms with van der Waals surface area (Å²) in [6, 6.07) is 94.6. The van der Waals surface area contributed by atoms with Crippen LogP contribution in [0.4, 0.5) is 17.1 Å². The Labute approximate surface area is 404 Å². The molecule has 70 heavy (non-hydrogen) atoms. The molecule has 0 saturated heterocycles. The van der Waals surface area contributed by atoms with E-state index in [1.165, 1.54) is 119 Å². The molecular formula is C68H42N2. The maximum absolute atomic E-state index is 2.46. The average molecular weight is 887 g/mol. The van der Waals surface area contributed by atoms with Gasteiger partial charge in [0, 0.05) is 33.5 Å². The van der Waals surface area contributed by atoms with Gasteiger partial charge >= 0.3 is 0 Å². The summed E-state index contributed by atoms with van der Waals surface area (Å²) in [7, 11) is 0. The zero-order valence-corrected chi connectivity index (χ0v) is 38.1. The standard InChI is InChI=1S/C68H42N2/c1-2-16-53(17-3-1)70-63-22-7-6-18-57(63)61-41-51(33-38-64(61)70)45-31-36-55(37-32-45)69(54-34-29-44(30-35-54)50-27-23-43-11-4-5-12-49(43)39-50)56-40-52-28-26-48-14-9-20-59-58-19-8-13-46-24-25-47-15-10-21-60(67(47)65(46)58)62(42-56)68(52)66(48)59/h1-42H. The second-order valence-electron chi connectivity index (χ2n) is 18.8. The third-order valence-corrected chi connectivity index (χ3v) is 15.0. The summed E-state index contributed by atoms with van der Waals surface area (Å²) in [6.07, 6.45) is 0. The van der Waals surface area contributed by atoms with Gasteiger partial charge in [-0.1, -0.05) is 182 Å². The van der Waals surface area contributed by atoms with Gasteiger partial charge in [-0.15, -0.1) is 0 Å². The summed E-state index contributed by atoms with van der Waals surface area (Å²) in [6.45, 7) is 0. The molecule has 0 bridgehead atoms. The molecule has 0 N–H and O–H groups in total. The van der Waals surface area contributed by atoms with Crippen LogP contribution >= 0.6 is 0 Å². The molecule has 0 aliphatic rings. The Kier molecular flexibility index (Phi) is 8.39. The van der Waals surface area contributed by atoms with Crippen LogP contribution in [0.15, 0.2) is 255 Å². The van der Waals surface area contributed by atoms with Crippen molar-refractivity contribution in [1.29, 1.82) is 0 Å². The molecule has 0 spiro atoms. The Morgan fingerprint density at radius 2 is 0.686 bits per heavy atom. The van der Waals surface area contributed by atoms with Crippen LogP contribution in [0.5, 0.6) is 0 Å². The lowest BCUT2D eigenvalue weighted by Crippen LogP contribution is -2.10. The summed E-state index contributed by atoms with van der Waals surface area (Å²) in [5, 5.41) is 20.3. The zero-order chi connectivity index (χ0) is 45.9.